The van der Waals surface area contributed by atoms with Crippen LogP contribution < -0.4 is 5.32 Å². The molecule has 1 amide bonds. The minimum atomic E-state index is 0.0544. The molecule has 0 aliphatic carbocycles. The van der Waals surface area contributed by atoms with Crippen molar-refractivity contribution >= 4 is 5.91 Å². The van der Waals surface area contributed by atoms with Crippen molar-refractivity contribution in [3.63, 3.8) is 0 Å². The summed E-state index contributed by atoms with van der Waals surface area (Å²) in [5.41, 5.74) is 6.63. The van der Waals surface area contributed by atoms with Crippen LogP contribution in [0.1, 0.15) is 66.4 Å². The maximum Gasteiger partial charge on any atom is 0.255 e. The fraction of sp³-hybridized carbons (Fsp3) is 0.480. The summed E-state index contributed by atoms with van der Waals surface area (Å²) in [4.78, 5) is 17.5. The molecule has 4 nitrogen and oxygen atoms in total. The summed E-state index contributed by atoms with van der Waals surface area (Å²) in [6.45, 7) is 18.4. The zero-order valence-corrected chi connectivity index (χ0v) is 17.7. The maximum absolute atomic E-state index is 13.0. The Labute approximate surface area is 175 Å². The van der Waals surface area contributed by atoms with Gasteiger partial charge in [0.1, 0.15) is 0 Å². The van der Waals surface area contributed by atoms with Gasteiger partial charge in [-0.25, -0.2) is 0 Å². The fourth-order valence-corrected chi connectivity index (χ4v) is 4.92. The Morgan fingerprint density at radius 3 is 2.66 bits per heavy atom. The molecule has 3 aliphatic rings. The minimum absolute atomic E-state index is 0.0544. The molecule has 154 valence electrons. The van der Waals surface area contributed by atoms with Crippen molar-refractivity contribution in [2.75, 3.05) is 19.6 Å². The summed E-state index contributed by atoms with van der Waals surface area (Å²) in [7, 11) is 0. The van der Waals surface area contributed by atoms with Crippen molar-refractivity contribution in [1.82, 2.24) is 15.1 Å². The molecule has 0 spiro atoms. The molecule has 0 aromatic heterocycles. The summed E-state index contributed by atoms with van der Waals surface area (Å²) >= 11 is 0. The van der Waals surface area contributed by atoms with Gasteiger partial charge in [0.25, 0.3) is 5.91 Å². The van der Waals surface area contributed by atoms with Gasteiger partial charge in [-0.05, 0) is 68.3 Å². The van der Waals surface area contributed by atoms with Crippen LogP contribution in [-0.2, 0) is 6.54 Å². The van der Waals surface area contributed by atoms with Crippen molar-refractivity contribution in [2.45, 2.75) is 57.5 Å². The summed E-state index contributed by atoms with van der Waals surface area (Å²) < 4.78 is 0. The number of fused-ring (bicyclic) bond motifs is 1. The number of hydrogen-bond donors (Lipinski definition) is 1. The zero-order chi connectivity index (χ0) is 20.5. The van der Waals surface area contributed by atoms with E-state index in [0.29, 0.717) is 12.5 Å². The van der Waals surface area contributed by atoms with E-state index in [1.165, 1.54) is 29.5 Å². The number of carbonyl (C=O) groups excluding carboxylic acids is 1. The molecule has 0 saturated carbocycles. The van der Waals surface area contributed by atoms with Crippen molar-refractivity contribution in [2.24, 2.45) is 0 Å². The molecule has 0 radical (unpaired) electrons. The van der Waals surface area contributed by atoms with Gasteiger partial charge in [-0.15, -0.1) is 0 Å². The maximum atomic E-state index is 13.0. The smallest absolute Gasteiger partial charge is 0.255 e. The molecule has 29 heavy (non-hydrogen) atoms. The summed E-state index contributed by atoms with van der Waals surface area (Å²) in [5, 5.41) is 3.24. The van der Waals surface area contributed by atoms with E-state index in [4.69, 9.17) is 0 Å². The van der Waals surface area contributed by atoms with Gasteiger partial charge in [-0.1, -0.05) is 44.4 Å². The van der Waals surface area contributed by atoms with Crippen LogP contribution in [0.2, 0.25) is 0 Å². The monoisotopic (exact) mass is 391 g/mol. The van der Waals surface area contributed by atoms with Crippen LogP contribution in [0.5, 0.6) is 0 Å². The van der Waals surface area contributed by atoms with Crippen molar-refractivity contribution in [3.05, 3.63) is 71.6 Å². The number of amides is 1. The number of piperidine rings is 2. The van der Waals surface area contributed by atoms with Gasteiger partial charge < -0.3 is 10.2 Å². The predicted molar refractivity (Wildman–Crippen MR) is 119 cm³/mol. The Morgan fingerprint density at radius 2 is 1.97 bits per heavy atom. The Balaban J connectivity index is 1.42. The summed E-state index contributed by atoms with van der Waals surface area (Å²) in [6.07, 6.45) is 5.21. The number of carbonyl (C=O) groups is 1. The van der Waals surface area contributed by atoms with Crippen molar-refractivity contribution in [3.8, 4) is 0 Å². The Kier molecular flexibility index (Phi) is 5.64. The lowest BCUT2D eigenvalue weighted by molar-refractivity contribution is 0.0711. The average molecular weight is 392 g/mol. The Hall–Kier alpha value is -2.33. The molecule has 1 N–H and O–H groups in total. The van der Waals surface area contributed by atoms with Gasteiger partial charge in [0.15, 0.2) is 0 Å². The highest BCUT2D eigenvalue weighted by molar-refractivity contribution is 5.98. The normalized spacial score (nSPS) is 23.3. The van der Waals surface area contributed by atoms with E-state index in [-0.39, 0.29) is 11.9 Å². The van der Waals surface area contributed by atoms with E-state index in [1.807, 2.05) is 4.90 Å². The third-order valence-corrected chi connectivity index (χ3v) is 6.80. The van der Waals surface area contributed by atoms with Crippen LogP contribution >= 0.6 is 0 Å². The van der Waals surface area contributed by atoms with E-state index >= 15 is 0 Å². The first kappa shape index (κ1) is 20.0. The fourth-order valence-electron chi connectivity index (χ4n) is 4.92. The molecule has 2 fully saturated rings. The second-order valence-electron chi connectivity index (χ2n) is 8.81. The van der Waals surface area contributed by atoms with Gasteiger partial charge in [0.05, 0.1) is 6.04 Å². The van der Waals surface area contributed by atoms with E-state index in [2.05, 4.69) is 55.1 Å². The van der Waals surface area contributed by atoms with Crippen LogP contribution in [0.4, 0.5) is 0 Å². The molecule has 4 rings (SSSR count). The van der Waals surface area contributed by atoms with Crippen LogP contribution in [0, 0.1) is 0 Å². The van der Waals surface area contributed by atoms with Crippen molar-refractivity contribution < 1.29 is 4.79 Å². The second-order valence-corrected chi connectivity index (χ2v) is 8.81. The summed E-state index contributed by atoms with van der Waals surface area (Å²) in [5.74, 6) is 0.727. The second kappa shape index (κ2) is 8.19. The van der Waals surface area contributed by atoms with Crippen LogP contribution in [0.15, 0.2) is 54.9 Å². The number of benzene rings is 1. The number of rotatable bonds is 5. The lowest BCUT2D eigenvalue weighted by Gasteiger charge is -2.34. The number of nitrogens with one attached hydrogen (secondary N) is 1. The van der Waals surface area contributed by atoms with Gasteiger partial charge in [0, 0.05) is 30.0 Å². The highest BCUT2D eigenvalue weighted by atomic mass is 16.2. The number of hydrogen-bond acceptors (Lipinski definition) is 3. The molecule has 1 unspecified atom stereocenters. The molecule has 1 aromatic carbocycles. The number of likely N-dealkylation sites (tertiary alicyclic amines) is 1. The molecule has 3 heterocycles. The van der Waals surface area contributed by atoms with Crippen molar-refractivity contribution in [1.29, 1.82) is 0 Å². The SMILES string of the molecule is C=C(CC)CN1CCC(c2ccc3c(c2)CN(C2CCC(=C)NC2=C)C3=O)CC1. The lowest BCUT2D eigenvalue weighted by atomic mass is 9.87. The number of nitrogens with zero attached hydrogens (tertiary/aromatic N) is 2. The van der Waals surface area contributed by atoms with E-state index < -0.39 is 0 Å². The average Bonchev–Trinajstić information content (AvgIpc) is 3.04. The highest BCUT2D eigenvalue weighted by Crippen LogP contribution is 2.35. The molecular formula is C25H33N3O. The Morgan fingerprint density at radius 1 is 1.21 bits per heavy atom. The van der Waals surface area contributed by atoms with Gasteiger partial charge in [-0.2, -0.15) is 0 Å². The molecule has 1 atom stereocenters. The molecule has 1 aromatic rings. The molecular weight excluding hydrogens is 358 g/mol. The van der Waals surface area contributed by atoms with Crippen LogP contribution in [-0.4, -0.2) is 41.4 Å². The quantitative estimate of drug-likeness (QED) is 0.747. The minimum Gasteiger partial charge on any atom is -0.362 e. The summed E-state index contributed by atoms with van der Waals surface area (Å²) in [6, 6.07) is 6.58. The highest BCUT2D eigenvalue weighted by Gasteiger charge is 2.36. The van der Waals surface area contributed by atoms with Crippen LogP contribution in [0.3, 0.4) is 0 Å². The van der Waals surface area contributed by atoms with E-state index in [9.17, 15) is 4.79 Å². The predicted octanol–water partition coefficient (Wildman–Crippen LogP) is 4.57. The first-order chi connectivity index (χ1) is 14.0. The zero-order valence-electron chi connectivity index (χ0n) is 17.7. The van der Waals surface area contributed by atoms with E-state index in [1.54, 1.807) is 0 Å². The molecule has 4 heteroatoms. The molecule has 3 aliphatic heterocycles. The van der Waals surface area contributed by atoms with E-state index in [0.717, 1.165) is 55.9 Å². The topological polar surface area (TPSA) is 35.6 Å². The van der Waals surface area contributed by atoms with Gasteiger partial charge >= 0.3 is 0 Å². The van der Waals surface area contributed by atoms with Gasteiger partial charge in [0.2, 0.25) is 0 Å². The Bertz CT molecular complexity index is 848. The molecule has 2 saturated heterocycles. The van der Waals surface area contributed by atoms with Gasteiger partial charge in [-0.3, -0.25) is 9.69 Å². The first-order valence-electron chi connectivity index (χ1n) is 10.9. The molecule has 0 bridgehead atoms. The standard InChI is InChI=1S/C25H33N3O/c1-5-17(2)15-27-12-10-20(11-13-27)21-7-8-23-22(14-21)16-28(25(23)29)24-9-6-18(3)26-19(24)4/h7-8,14,20,24,26H,2-6,9-13,15-16H2,1H3. The third-order valence-electron chi connectivity index (χ3n) is 6.80. The number of allylic oxidation sites excluding steroid dienone is 1. The largest absolute Gasteiger partial charge is 0.362 e. The lowest BCUT2D eigenvalue weighted by Crippen LogP contribution is -2.43. The van der Waals surface area contributed by atoms with Crippen LogP contribution in [0.25, 0.3) is 0 Å². The third kappa shape index (κ3) is 4.04. The first-order valence-corrected chi connectivity index (χ1v) is 10.9.